The molecule has 0 amide bonds. The van der Waals surface area contributed by atoms with Gasteiger partial charge >= 0.3 is 0 Å². The highest BCUT2D eigenvalue weighted by atomic mass is 35.5. The molecule has 2 N–H and O–H groups in total. The molecule has 0 radical (unpaired) electrons. The highest BCUT2D eigenvalue weighted by Gasteiger charge is 2.13. The van der Waals surface area contributed by atoms with Crippen molar-refractivity contribution in [1.82, 2.24) is 5.32 Å². The van der Waals surface area contributed by atoms with Gasteiger partial charge in [0.15, 0.2) is 11.5 Å². The number of hydrogen-bond donors (Lipinski definition) is 2. The van der Waals surface area contributed by atoms with E-state index in [9.17, 15) is 5.11 Å². The zero-order valence-electron chi connectivity index (χ0n) is 13.7. The Morgan fingerprint density at radius 1 is 1.17 bits per heavy atom. The van der Waals surface area contributed by atoms with E-state index in [4.69, 9.17) is 32.7 Å². The molecule has 0 aliphatic rings. The summed E-state index contributed by atoms with van der Waals surface area (Å²) in [6, 6.07) is 11.2. The van der Waals surface area contributed by atoms with Gasteiger partial charge in [0.2, 0.25) is 0 Å². The van der Waals surface area contributed by atoms with Crippen molar-refractivity contribution >= 4 is 23.2 Å². The molecule has 4 nitrogen and oxygen atoms in total. The quantitative estimate of drug-likeness (QED) is 0.736. The molecule has 130 valence electrons. The van der Waals surface area contributed by atoms with Crippen LogP contribution in [-0.2, 0) is 13.2 Å². The lowest BCUT2D eigenvalue weighted by molar-refractivity contribution is 0.191. The van der Waals surface area contributed by atoms with E-state index in [1.807, 2.05) is 36.4 Å². The molecule has 0 fully saturated rings. The minimum atomic E-state index is -0.402. The lowest BCUT2D eigenvalue weighted by Crippen LogP contribution is -2.23. The molecule has 0 saturated carbocycles. The summed E-state index contributed by atoms with van der Waals surface area (Å²) in [6.45, 7) is 3.11. The molecule has 1 atom stereocenters. The lowest BCUT2D eigenvalue weighted by atomic mass is 10.2. The average Bonchev–Trinajstić information content (AvgIpc) is 2.54. The zero-order chi connectivity index (χ0) is 17.5. The molecule has 0 aromatic heterocycles. The number of halogens is 2. The lowest BCUT2D eigenvalue weighted by Gasteiger charge is -2.15. The van der Waals surface area contributed by atoms with Crippen molar-refractivity contribution in [3.63, 3.8) is 0 Å². The maximum Gasteiger partial charge on any atom is 0.180 e. The molecular weight excluding hydrogens is 349 g/mol. The van der Waals surface area contributed by atoms with Gasteiger partial charge in [-0.2, -0.15) is 0 Å². The fourth-order valence-corrected chi connectivity index (χ4v) is 2.68. The van der Waals surface area contributed by atoms with Gasteiger partial charge in [0, 0.05) is 23.7 Å². The third kappa shape index (κ3) is 5.28. The van der Waals surface area contributed by atoms with Crippen LogP contribution < -0.4 is 14.8 Å². The first-order valence-corrected chi connectivity index (χ1v) is 8.38. The van der Waals surface area contributed by atoms with E-state index < -0.39 is 6.10 Å². The van der Waals surface area contributed by atoms with E-state index in [-0.39, 0.29) is 0 Å². The molecule has 0 saturated heterocycles. The summed E-state index contributed by atoms with van der Waals surface area (Å²) < 4.78 is 11.2. The summed E-state index contributed by atoms with van der Waals surface area (Å²) in [5.41, 5.74) is 1.82. The van der Waals surface area contributed by atoms with Crippen LogP contribution in [-0.4, -0.2) is 24.9 Å². The van der Waals surface area contributed by atoms with Crippen LogP contribution in [0.15, 0.2) is 36.4 Å². The maximum atomic E-state index is 9.29. The van der Waals surface area contributed by atoms with E-state index in [1.54, 1.807) is 14.0 Å². The molecule has 0 spiro atoms. The van der Waals surface area contributed by atoms with E-state index in [1.165, 1.54) is 0 Å². The molecule has 0 aliphatic carbocycles. The number of ether oxygens (including phenoxy) is 2. The van der Waals surface area contributed by atoms with Crippen molar-refractivity contribution in [2.24, 2.45) is 0 Å². The van der Waals surface area contributed by atoms with Crippen molar-refractivity contribution in [2.75, 3.05) is 13.7 Å². The van der Waals surface area contributed by atoms with Crippen LogP contribution in [0.25, 0.3) is 0 Å². The second-order valence-corrected chi connectivity index (χ2v) is 6.28. The molecule has 2 aromatic rings. The van der Waals surface area contributed by atoms with Gasteiger partial charge < -0.3 is 19.9 Å². The second-order valence-electron chi connectivity index (χ2n) is 5.47. The molecule has 0 bridgehead atoms. The summed E-state index contributed by atoms with van der Waals surface area (Å²) in [5.74, 6) is 1.04. The fraction of sp³-hybridized carbons (Fsp3) is 0.333. The Labute approximate surface area is 152 Å². The van der Waals surface area contributed by atoms with Gasteiger partial charge in [-0.1, -0.05) is 41.4 Å². The Balaban J connectivity index is 2.10. The minimum Gasteiger partial charge on any atom is -0.493 e. The summed E-state index contributed by atoms with van der Waals surface area (Å²) >= 11 is 12.5. The number of rotatable bonds is 8. The van der Waals surface area contributed by atoms with Gasteiger partial charge in [-0.25, -0.2) is 0 Å². The highest BCUT2D eigenvalue weighted by Crippen LogP contribution is 2.37. The van der Waals surface area contributed by atoms with Crippen molar-refractivity contribution < 1.29 is 14.6 Å². The van der Waals surface area contributed by atoms with E-state index in [2.05, 4.69) is 5.32 Å². The van der Waals surface area contributed by atoms with Crippen LogP contribution in [0.3, 0.4) is 0 Å². The van der Waals surface area contributed by atoms with E-state index in [0.717, 1.165) is 11.1 Å². The number of aliphatic hydroxyl groups excluding tert-OH is 1. The predicted octanol–water partition coefficient (Wildman–Crippen LogP) is 4.05. The minimum absolute atomic E-state index is 0.301. The van der Waals surface area contributed by atoms with Crippen molar-refractivity contribution in [2.45, 2.75) is 26.2 Å². The first-order valence-electron chi connectivity index (χ1n) is 7.62. The SMILES string of the molecule is COc1cc(CNC[C@H](C)O)cc(Cl)c1OCc1ccccc1Cl. The Hall–Kier alpha value is -1.46. The van der Waals surface area contributed by atoms with Crippen LogP contribution in [0.2, 0.25) is 10.0 Å². The molecule has 0 aliphatic heterocycles. The first-order chi connectivity index (χ1) is 11.5. The normalized spacial score (nSPS) is 12.0. The molecule has 24 heavy (non-hydrogen) atoms. The topological polar surface area (TPSA) is 50.7 Å². The van der Waals surface area contributed by atoms with Crippen LogP contribution in [0.4, 0.5) is 0 Å². The summed E-state index contributed by atoms with van der Waals surface area (Å²) in [5, 5.41) is 13.5. The summed E-state index contributed by atoms with van der Waals surface area (Å²) in [6.07, 6.45) is -0.402. The Kier molecular flexibility index (Phi) is 7.18. The molecule has 6 heteroatoms. The summed E-state index contributed by atoms with van der Waals surface area (Å²) in [7, 11) is 1.57. The average molecular weight is 370 g/mol. The second kappa shape index (κ2) is 9.14. The van der Waals surface area contributed by atoms with Gasteiger partial charge in [-0.15, -0.1) is 0 Å². The van der Waals surface area contributed by atoms with Gasteiger partial charge in [0.1, 0.15) is 6.61 Å². The van der Waals surface area contributed by atoms with E-state index >= 15 is 0 Å². The smallest absolute Gasteiger partial charge is 0.180 e. The van der Waals surface area contributed by atoms with Crippen LogP contribution in [0.5, 0.6) is 11.5 Å². The van der Waals surface area contributed by atoms with Crippen LogP contribution >= 0.6 is 23.2 Å². The predicted molar refractivity (Wildman–Crippen MR) is 97.2 cm³/mol. The molecule has 2 rings (SSSR count). The molecule has 0 heterocycles. The van der Waals surface area contributed by atoms with Gasteiger partial charge in [0.05, 0.1) is 18.2 Å². The van der Waals surface area contributed by atoms with Crippen molar-refractivity contribution in [1.29, 1.82) is 0 Å². The Morgan fingerprint density at radius 3 is 2.58 bits per heavy atom. The van der Waals surface area contributed by atoms with Gasteiger partial charge in [-0.05, 0) is 30.7 Å². The third-order valence-electron chi connectivity index (χ3n) is 3.39. The van der Waals surface area contributed by atoms with Crippen molar-refractivity contribution in [3.8, 4) is 11.5 Å². The highest BCUT2D eigenvalue weighted by molar-refractivity contribution is 6.32. The van der Waals surface area contributed by atoms with Crippen molar-refractivity contribution in [3.05, 3.63) is 57.6 Å². The number of nitrogens with one attached hydrogen (secondary N) is 1. The largest absolute Gasteiger partial charge is 0.493 e. The standard InChI is InChI=1S/C18H21Cl2NO3/c1-12(22)9-21-10-13-7-16(20)18(17(8-13)23-2)24-11-14-5-3-4-6-15(14)19/h3-8,12,21-22H,9-11H2,1-2H3/t12-/m0/s1. The van der Waals surface area contributed by atoms with Gasteiger partial charge in [0.25, 0.3) is 0 Å². The van der Waals surface area contributed by atoms with Crippen LogP contribution in [0, 0.1) is 0 Å². The number of hydrogen-bond acceptors (Lipinski definition) is 4. The Bertz CT molecular complexity index is 677. The molecule has 0 unspecified atom stereocenters. The monoisotopic (exact) mass is 369 g/mol. The summed E-state index contributed by atoms with van der Waals surface area (Å²) in [4.78, 5) is 0. The first kappa shape index (κ1) is 18.9. The van der Waals surface area contributed by atoms with Crippen LogP contribution in [0.1, 0.15) is 18.1 Å². The molecule has 2 aromatic carbocycles. The van der Waals surface area contributed by atoms with Gasteiger partial charge in [-0.3, -0.25) is 0 Å². The maximum absolute atomic E-state index is 9.29. The van der Waals surface area contributed by atoms with E-state index in [0.29, 0.717) is 41.2 Å². The zero-order valence-corrected chi connectivity index (χ0v) is 15.2. The number of aliphatic hydroxyl groups is 1. The fourth-order valence-electron chi connectivity index (χ4n) is 2.21. The molecular formula is C18H21Cl2NO3. The number of benzene rings is 2. The third-order valence-corrected chi connectivity index (χ3v) is 4.04. The number of methoxy groups -OCH3 is 1. The Morgan fingerprint density at radius 2 is 1.92 bits per heavy atom.